The molecule has 2 aromatic heterocycles. The smallest absolute Gasteiger partial charge is 0.490 e. The number of aliphatic hydroxyl groups excluding tert-OH is 2. The molecule has 6 atom stereocenters. The number of unbranched alkanes of at least 4 members (excludes halogenated alkanes) is 3. The number of imidazole rings is 1. The molecule has 1 fully saturated rings. The number of fused-ring (bicyclic) bond motifs is 7. The number of aromatic nitrogens is 4. The van der Waals surface area contributed by atoms with Gasteiger partial charge in [0.15, 0.2) is 63.3 Å². The standard InChI is InChI=1S/C39H41Cl2N6O21P3/c1-61-22-12-20-32(25(40)28(22)48)65-33-21(13-23(62-2)29(49)26(33)41)39(20)19-11-17(7-8-18(19)38(53)66-39)36(52)43-10-6-4-3-5-9-42-34-27-35(45-15-44-34)47(16-46-27)37-31(51)30(50)24(64-37)14-63-70(57,58)68-71(59,60)67-69(54,55)56/h7-8,11-13,15-16,24,30-31,37,48-51H,3-6,9-10,14H2,1-2H3,(H,43,52)(H,57,58)(H,59,60)(H,42,44,45)(H2,54,55,56)/t24-,30-,31-,37-/m1/s1. The van der Waals surface area contributed by atoms with E-state index in [1.54, 1.807) is 0 Å². The number of halogens is 2. The Balaban J connectivity index is 0.864. The van der Waals surface area contributed by atoms with Crippen LogP contribution in [0.1, 0.15) is 69.3 Å². The number of aliphatic hydroxyl groups is 2. The average molecular weight is 1090 g/mol. The summed E-state index contributed by atoms with van der Waals surface area (Å²) in [7, 11) is -14.4. The number of amides is 1. The molecule has 27 nitrogen and oxygen atoms in total. The van der Waals surface area contributed by atoms with Crippen LogP contribution in [0.3, 0.4) is 0 Å². The fraction of sp³-hybridized carbons (Fsp3) is 0.359. The number of hydrogen-bond donors (Lipinski definition) is 10. The lowest BCUT2D eigenvalue weighted by Gasteiger charge is -2.37. The summed E-state index contributed by atoms with van der Waals surface area (Å²) in [5, 5.41) is 48.4. The number of nitrogens with one attached hydrogen (secondary N) is 2. The molecule has 382 valence electrons. The highest BCUT2D eigenvalue weighted by atomic mass is 35.5. The third kappa shape index (κ3) is 10.1. The Bertz CT molecular complexity index is 3020. The van der Waals surface area contributed by atoms with Crippen LogP contribution in [0.25, 0.3) is 11.2 Å². The maximum atomic E-state index is 13.6. The van der Waals surface area contributed by atoms with Crippen LogP contribution in [0.15, 0.2) is 43.0 Å². The van der Waals surface area contributed by atoms with Crippen LogP contribution in [0, 0.1) is 0 Å². The Kier molecular flexibility index (Phi) is 14.7. The van der Waals surface area contributed by atoms with E-state index in [9.17, 15) is 53.5 Å². The molecule has 2 unspecified atom stereocenters. The summed E-state index contributed by atoms with van der Waals surface area (Å²) < 4.78 is 76.4. The summed E-state index contributed by atoms with van der Waals surface area (Å²) in [5.41, 5.74) is -0.744. The number of hydrogen-bond acceptors (Lipinski definition) is 21. The number of carbonyl (C=O) groups is 2. The van der Waals surface area contributed by atoms with Crippen LogP contribution >= 0.6 is 46.7 Å². The second-order valence-corrected chi connectivity index (χ2v) is 20.9. The lowest BCUT2D eigenvalue weighted by Crippen LogP contribution is -2.34. The molecule has 1 saturated heterocycles. The van der Waals surface area contributed by atoms with Gasteiger partial charge in [-0.05, 0) is 43.2 Å². The van der Waals surface area contributed by atoms with Crippen molar-refractivity contribution in [3.8, 4) is 34.5 Å². The van der Waals surface area contributed by atoms with Crippen molar-refractivity contribution in [1.82, 2.24) is 24.8 Å². The van der Waals surface area contributed by atoms with E-state index in [2.05, 4.69) is 38.7 Å². The number of aromatic hydroxyl groups is 2. The van der Waals surface area contributed by atoms with E-state index in [4.69, 9.17) is 56.7 Å². The van der Waals surface area contributed by atoms with Crippen LogP contribution in [0.5, 0.6) is 34.5 Å². The number of ether oxygens (including phenoxy) is 5. The molecule has 32 heteroatoms. The lowest BCUT2D eigenvalue weighted by molar-refractivity contribution is -0.0503. The minimum atomic E-state index is -5.80. The van der Waals surface area contributed by atoms with Gasteiger partial charge in [0.25, 0.3) is 5.91 Å². The minimum absolute atomic E-state index is 0.0772. The third-order valence-electron chi connectivity index (χ3n) is 11.3. The number of esters is 1. The van der Waals surface area contributed by atoms with Crippen molar-refractivity contribution in [2.45, 2.75) is 55.8 Å². The van der Waals surface area contributed by atoms with Gasteiger partial charge < -0.3 is 74.3 Å². The zero-order valence-corrected chi connectivity index (χ0v) is 40.8. The molecule has 0 saturated carbocycles. The Labute approximate surface area is 409 Å². The van der Waals surface area contributed by atoms with Crippen molar-refractivity contribution in [1.29, 1.82) is 0 Å². The summed E-state index contributed by atoms with van der Waals surface area (Å²) in [5.74, 6) is -2.31. The first-order valence-electron chi connectivity index (χ1n) is 20.8. The quantitative estimate of drug-likeness (QED) is 0.0309. The molecule has 0 aliphatic carbocycles. The van der Waals surface area contributed by atoms with Crippen LogP contribution < -0.4 is 24.8 Å². The number of anilines is 1. The number of nitrogens with zero attached hydrogens (tertiary/aromatic N) is 4. The average Bonchev–Trinajstić information content (AvgIpc) is 3.96. The van der Waals surface area contributed by atoms with Crippen LogP contribution in [0.2, 0.25) is 10.0 Å². The third-order valence-corrected chi connectivity index (χ3v) is 15.8. The van der Waals surface area contributed by atoms with E-state index in [1.165, 1.54) is 61.8 Å². The van der Waals surface area contributed by atoms with Crippen LogP contribution in [-0.4, -0.2) is 124 Å². The van der Waals surface area contributed by atoms with Gasteiger partial charge in [0.1, 0.15) is 34.7 Å². The van der Waals surface area contributed by atoms with Crippen molar-refractivity contribution in [3.05, 3.63) is 80.8 Å². The maximum absolute atomic E-state index is 13.6. The first-order valence-corrected chi connectivity index (χ1v) is 26.0. The fourth-order valence-corrected chi connectivity index (χ4v) is 11.6. The number of phosphoric acid groups is 3. The van der Waals surface area contributed by atoms with E-state index in [1.807, 2.05) is 0 Å². The molecule has 71 heavy (non-hydrogen) atoms. The first kappa shape index (κ1) is 52.2. The van der Waals surface area contributed by atoms with Gasteiger partial charge in [-0.2, -0.15) is 8.62 Å². The zero-order valence-electron chi connectivity index (χ0n) is 36.6. The lowest BCUT2D eigenvalue weighted by atomic mass is 9.77. The van der Waals surface area contributed by atoms with Gasteiger partial charge in [0.05, 0.1) is 43.8 Å². The van der Waals surface area contributed by atoms with Crippen molar-refractivity contribution >= 4 is 75.5 Å². The van der Waals surface area contributed by atoms with Gasteiger partial charge in [0.2, 0.25) is 0 Å². The summed E-state index contributed by atoms with van der Waals surface area (Å²) in [4.78, 5) is 76.5. The molecule has 5 heterocycles. The molecule has 3 aliphatic rings. The van der Waals surface area contributed by atoms with Gasteiger partial charge in [-0.1, -0.05) is 36.0 Å². The van der Waals surface area contributed by atoms with Crippen molar-refractivity contribution in [2.75, 3.05) is 39.2 Å². The Morgan fingerprint density at radius 2 is 1.46 bits per heavy atom. The molecular weight excluding hydrogens is 1050 g/mol. The molecule has 10 N–H and O–H groups in total. The molecule has 3 aliphatic heterocycles. The number of phosphoric ester groups is 1. The number of phenols is 2. The Morgan fingerprint density at radius 3 is 2.08 bits per heavy atom. The first-order chi connectivity index (χ1) is 33.5. The summed E-state index contributed by atoms with van der Waals surface area (Å²) in [6, 6.07) is 7.16. The van der Waals surface area contributed by atoms with Crippen LogP contribution in [-0.2, 0) is 41.9 Å². The topological polar surface area (TPSA) is 389 Å². The second-order valence-electron chi connectivity index (χ2n) is 15.7. The van der Waals surface area contributed by atoms with E-state index in [0.29, 0.717) is 31.6 Å². The highest BCUT2D eigenvalue weighted by molar-refractivity contribution is 7.66. The van der Waals surface area contributed by atoms with Crippen molar-refractivity contribution < 1.29 is 100 Å². The molecular formula is C39H41Cl2N6O21P3. The van der Waals surface area contributed by atoms with Gasteiger partial charge in [-0.3, -0.25) is 13.9 Å². The molecule has 1 amide bonds. The molecule has 5 aromatic rings. The number of rotatable bonds is 19. The minimum Gasteiger partial charge on any atom is -0.503 e. The number of phenolic OH excluding ortho intramolecular Hbond substituents is 2. The van der Waals surface area contributed by atoms with Crippen molar-refractivity contribution in [2.24, 2.45) is 0 Å². The SMILES string of the molecule is COc1cc2c(c(Cl)c1O)Oc1c(cc(OC)c(O)c1Cl)C21OC(=O)c2ccc(C(=O)NCCCCCCNc3ncnc4c3ncn4[C@@H]3O[C@H](COP(=O)(O)OP(=O)(O)OP(=O)(O)O)[C@@H](O)[C@H]3O)cc21. The van der Waals surface area contributed by atoms with E-state index in [0.717, 1.165) is 6.42 Å². The molecule has 1 spiro atoms. The van der Waals surface area contributed by atoms with Gasteiger partial charge >= 0.3 is 29.4 Å². The fourth-order valence-electron chi connectivity index (χ4n) is 8.13. The largest absolute Gasteiger partial charge is 0.503 e. The zero-order chi connectivity index (χ0) is 51.4. The summed E-state index contributed by atoms with van der Waals surface area (Å²) in [6.07, 6.45) is -1.26. The molecule has 3 aromatic carbocycles. The number of benzene rings is 3. The highest BCUT2D eigenvalue weighted by Gasteiger charge is 2.56. The number of carbonyl (C=O) groups excluding carboxylic acids is 2. The van der Waals surface area contributed by atoms with Crippen molar-refractivity contribution in [3.63, 3.8) is 0 Å². The maximum Gasteiger partial charge on any atom is 0.490 e. The van der Waals surface area contributed by atoms with Gasteiger partial charge in [-0.15, -0.1) is 0 Å². The molecule has 0 radical (unpaired) electrons. The van der Waals surface area contributed by atoms with Crippen LogP contribution in [0.4, 0.5) is 5.82 Å². The second kappa shape index (κ2) is 20.0. The van der Waals surface area contributed by atoms with E-state index in [-0.39, 0.29) is 78.6 Å². The summed E-state index contributed by atoms with van der Waals surface area (Å²) in [6.45, 7) is -0.302. The predicted molar refractivity (Wildman–Crippen MR) is 242 cm³/mol. The van der Waals surface area contributed by atoms with E-state index < -0.39 is 83.6 Å². The Hall–Kier alpha value is -5.18. The number of methoxy groups -OCH3 is 2. The van der Waals surface area contributed by atoms with Gasteiger partial charge in [-0.25, -0.2) is 33.4 Å². The molecule has 8 rings (SSSR count). The van der Waals surface area contributed by atoms with E-state index >= 15 is 0 Å². The molecule has 0 bridgehead atoms. The normalized spacial score (nSPS) is 20.6. The highest BCUT2D eigenvalue weighted by Crippen LogP contribution is 2.67. The Morgan fingerprint density at radius 1 is 0.831 bits per heavy atom. The van der Waals surface area contributed by atoms with Gasteiger partial charge in [0, 0.05) is 24.2 Å². The summed E-state index contributed by atoms with van der Waals surface area (Å²) >= 11 is 13.2. The predicted octanol–water partition coefficient (Wildman–Crippen LogP) is 4.49. The monoisotopic (exact) mass is 1090 g/mol.